The van der Waals surface area contributed by atoms with E-state index in [4.69, 9.17) is 5.73 Å². The van der Waals surface area contributed by atoms with Crippen molar-refractivity contribution in [3.63, 3.8) is 0 Å². The quantitative estimate of drug-likeness (QED) is 0.873. The number of likely N-dealkylation sites (N-methyl/N-ethyl adjacent to an activating group) is 1. The minimum atomic E-state index is 0.376. The van der Waals surface area contributed by atoms with Gasteiger partial charge in [0.1, 0.15) is 0 Å². The van der Waals surface area contributed by atoms with E-state index in [9.17, 15) is 0 Å². The molecular formula is C15H19BrN2S. The SMILES string of the molecule is CN(Cc1csc(Br)c1)C(CN)Cc1ccccc1. The van der Waals surface area contributed by atoms with Gasteiger partial charge < -0.3 is 5.73 Å². The van der Waals surface area contributed by atoms with Crippen molar-refractivity contribution in [2.75, 3.05) is 13.6 Å². The maximum Gasteiger partial charge on any atom is 0.0701 e. The lowest BCUT2D eigenvalue weighted by Gasteiger charge is -2.26. The lowest BCUT2D eigenvalue weighted by atomic mass is 10.0. The standard InChI is InChI=1S/C15H19BrN2S/c1-18(10-13-8-15(16)19-11-13)14(9-17)7-12-5-3-2-4-6-12/h2-6,8,11,14H,7,9-10,17H2,1H3. The maximum absolute atomic E-state index is 5.93. The first-order valence-corrected chi connectivity index (χ1v) is 8.03. The average molecular weight is 339 g/mol. The zero-order chi connectivity index (χ0) is 13.7. The second-order valence-electron chi connectivity index (χ2n) is 4.75. The molecule has 0 radical (unpaired) electrons. The molecule has 2 rings (SSSR count). The summed E-state index contributed by atoms with van der Waals surface area (Å²) in [6.45, 7) is 1.62. The first-order valence-electron chi connectivity index (χ1n) is 6.36. The molecule has 19 heavy (non-hydrogen) atoms. The minimum absolute atomic E-state index is 0.376. The van der Waals surface area contributed by atoms with E-state index in [1.54, 1.807) is 11.3 Å². The van der Waals surface area contributed by atoms with Crippen molar-refractivity contribution in [1.29, 1.82) is 0 Å². The summed E-state index contributed by atoms with van der Waals surface area (Å²) in [5, 5.41) is 2.19. The predicted molar refractivity (Wildman–Crippen MR) is 86.5 cm³/mol. The number of nitrogens with zero attached hydrogens (tertiary/aromatic N) is 1. The topological polar surface area (TPSA) is 29.3 Å². The molecular weight excluding hydrogens is 320 g/mol. The number of nitrogens with two attached hydrogens (primary N) is 1. The van der Waals surface area contributed by atoms with Crippen molar-refractivity contribution in [2.45, 2.75) is 19.0 Å². The molecule has 0 bridgehead atoms. The highest BCUT2D eigenvalue weighted by molar-refractivity contribution is 9.11. The molecule has 0 spiro atoms. The molecule has 1 aromatic carbocycles. The monoisotopic (exact) mass is 338 g/mol. The number of hydrogen-bond donors (Lipinski definition) is 1. The van der Waals surface area contributed by atoms with E-state index in [-0.39, 0.29) is 0 Å². The third kappa shape index (κ3) is 4.42. The Labute approximate surface area is 127 Å². The number of rotatable bonds is 6. The Hall–Kier alpha value is -0.680. The highest BCUT2D eigenvalue weighted by Crippen LogP contribution is 2.22. The number of hydrogen-bond acceptors (Lipinski definition) is 3. The molecule has 0 aliphatic carbocycles. The second kappa shape index (κ2) is 7.20. The van der Waals surface area contributed by atoms with Gasteiger partial charge in [-0.3, -0.25) is 4.90 Å². The number of thiophene rings is 1. The van der Waals surface area contributed by atoms with Crippen LogP contribution in [0.15, 0.2) is 45.6 Å². The summed E-state index contributed by atoms with van der Waals surface area (Å²) in [7, 11) is 2.14. The lowest BCUT2D eigenvalue weighted by molar-refractivity contribution is 0.237. The van der Waals surface area contributed by atoms with Crippen LogP contribution in [-0.4, -0.2) is 24.5 Å². The van der Waals surface area contributed by atoms with Crippen LogP contribution in [-0.2, 0) is 13.0 Å². The third-order valence-corrected chi connectivity index (χ3v) is 4.82. The molecule has 0 saturated heterocycles. The van der Waals surface area contributed by atoms with E-state index < -0.39 is 0 Å². The van der Waals surface area contributed by atoms with Gasteiger partial charge in [-0.1, -0.05) is 30.3 Å². The van der Waals surface area contributed by atoms with Crippen LogP contribution >= 0.6 is 27.3 Å². The van der Waals surface area contributed by atoms with Crippen molar-refractivity contribution in [3.05, 3.63) is 56.7 Å². The fourth-order valence-corrected chi connectivity index (χ4v) is 3.35. The van der Waals surface area contributed by atoms with E-state index in [0.717, 1.165) is 13.0 Å². The Kier molecular flexibility index (Phi) is 5.58. The summed E-state index contributed by atoms with van der Waals surface area (Å²) < 4.78 is 1.18. The highest BCUT2D eigenvalue weighted by Gasteiger charge is 2.14. The van der Waals surface area contributed by atoms with Crippen molar-refractivity contribution >= 4 is 27.3 Å². The van der Waals surface area contributed by atoms with Gasteiger partial charge in [0.05, 0.1) is 3.79 Å². The first kappa shape index (κ1) is 14.7. The summed E-state index contributed by atoms with van der Waals surface area (Å²) in [4.78, 5) is 2.33. The Balaban J connectivity index is 1.97. The molecule has 1 atom stereocenters. The van der Waals surface area contributed by atoms with Crippen LogP contribution in [0.5, 0.6) is 0 Å². The normalized spacial score (nSPS) is 12.8. The average Bonchev–Trinajstić information content (AvgIpc) is 2.82. The first-order chi connectivity index (χ1) is 9.19. The molecule has 1 heterocycles. The van der Waals surface area contributed by atoms with Crippen LogP contribution in [0.25, 0.3) is 0 Å². The number of halogens is 1. The van der Waals surface area contributed by atoms with Crippen LogP contribution in [0, 0.1) is 0 Å². The fourth-order valence-electron chi connectivity index (χ4n) is 2.15. The van der Waals surface area contributed by atoms with Gasteiger partial charge in [0, 0.05) is 19.1 Å². The van der Waals surface area contributed by atoms with Crippen LogP contribution < -0.4 is 5.73 Å². The Morgan fingerprint density at radius 2 is 2.00 bits per heavy atom. The zero-order valence-corrected chi connectivity index (χ0v) is 13.5. The van der Waals surface area contributed by atoms with E-state index >= 15 is 0 Å². The van der Waals surface area contributed by atoms with Crippen LogP contribution in [0.4, 0.5) is 0 Å². The van der Waals surface area contributed by atoms with Crippen LogP contribution in [0.3, 0.4) is 0 Å². The smallest absolute Gasteiger partial charge is 0.0701 e. The predicted octanol–water partition coefficient (Wildman–Crippen LogP) is 3.51. The van der Waals surface area contributed by atoms with Gasteiger partial charge in [0.2, 0.25) is 0 Å². The van der Waals surface area contributed by atoms with Gasteiger partial charge in [-0.2, -0.15) is 0 Å². The Morgan fingerprint density at radius 3 is 2.58 bits per heavy atom. The maximum atomic E-state index is 5.93. The highest BCUT2D eigenvalue weighted by atomic mass is 79.9. The Bertz CT molecular complexity index is 498. The molecule has 4 heteroatoms. The molecule has 2 N–H and O–H groups in total. The molecule has 102 valence electrons. The molecule has 2 nitrogen and oxygen atoms in total. The van der Waals surface area contributed by atoms with E-state index in [2.05, 4.69) is 63.6 Å². The van der Waals surface area contributed by atoms with Crippen LogP contribution in [0.2, 0.25) is 0 Å². The number of benzene rings is 1. The van der Waals surface area contributed by atoms with Crippen molar-refractivity contribution < 1.29 is 0 Å². The van der Waals surface area contributed by atoms with Gasteiger partial charge in [-0.05, 0) is 52.0 Å². The van der Waals surface area contributed by atoms with Crippen molar-refractivity contribution in [3.8, 4) is 0 Å². The van der Waals surface area contributed by atoms with E-state index in [1.165, 1.54) is 14.9 Å². The summed E-state index contributed by atoms with van der Waals surface area (Å²) in [6.07, 6.45) is 0.999. The molecule has 2 aromatic rings. The summed E-state index contributed by atoms with van der Waals surface area (Å²) in [6, 6.07) is 13.1. The molecule has 0 amide bonds. The molecule has 0 fully saturated rings. The van der Waals surface area contributed by atoms with Gasteiger partial charge in [0.15, 0.2) is 0 Å². The second-order valence-corrected chi connectivity index (χ2v) is 7.04. The Morgan fingerprint density at radius 1 is 1.26 bits per heavy atom. The fraction of sp³-hybridized carbons (Fsp3) is 0.333. The van der Waals surface area contributed by atoms with Gasteiger partial charge in [-0.15, -0.1) is 11.3 Å². The summed E-state index contributed by atoms with van der Waals surface area (Å²) in [5.41, 5.74) is 8.61. The molecule has 0 aliphatic heterocycles. The molecule has 0 saturated carbocycles. The van der Waals surface area contributed by atoms with Crippen molar-refractivity contribution in [1.82, 2.24) is 4.90 Å². The van der Waals surface area contributed by atoms with Gasteiger partial charge in [0.25, 0.3) is 0 Å². The van der Waals surface area contributed by atoms with Gasteiger partial charge >= 0.3 is 0 Å². The van der Waals surface area contributed by atoms with E-state index in [1.807, 2.05) is 6.07 Å². The zero-order valence-electron chi connectivity index (χ0n) is 11.1. The van der Waals surface area contributed by atoms with Crippen LogP contribution in [0.1, 0.15) is 11.1 Å². The largest absolute Gasteiger partial charge is 0.329 e. The van der Waals surface area contributed by atoms with Crippen molar-refractivity contribution in [2.24, 2.45) is 5.73 Å². The molecule has 1 aromatic heterocycles. The third-order valence-electron chi connectivity index (χ3n) is 3.26. The lowest BCUT2D eigenvalue weighted by Crippen LogP contribution is -2.39. The van der Waals surface area contributed by atoms with Gasteiger partial charge in [-0.25, -0.2) is 0 Å². The molecule has 1 unspecified atom stereocenters. The summed E-state index contributed by atoms with van der Waals surface area (Å²) in [5.74, 6) is 0. The minimum Gasteiger partial charge on any atom is -0.329 e. The summed E-state index contributed by atoms with van der Waals surface area (Å²) >= 11 is 5.23. The molecule has 0 aliphatic rings. The van der Waals surface area contributed by atoms with E-state index in [0.29, 0.717) is 12.6 Å².